The molecular weight excluding hydrogens is 242 g/mol. The molecule has 1 N–H and O–H groups in total. The van der Waals surface area contributed by atoms with Crippen LogP contribution in [-0.4, -0.2) is 39.4 Å². The Hall–Kier alpha value is -0.610. The summed E-state index contributed by atoms with van der Waals surface area (Å²) in [6, 6.07) is 0. The molecule has 0 unspecified atom stereocenters. The van der Waals surface area contributed by atoms with Gasteiger partial charge in [-0.25, -0.2) is 0 Å². The van der Waals surface area contributed by atoms with E-state index in [1.54, 1.807) is 7.11 Å². The molecule has 0 heterocycles. The summed E-state index contributed by atoms with van der Waals surface area (Å²) in [6.45, 7) is 8.63. The van der Waals surface area contributed by atoms with Crippen molar-refractivity contribution >= 4 is 5.91 Å². The summed E-state index contributed by atoms with van der Waals surface area (Å²) in [6.07, 6.45) is 4.44. The first kappa shape index (κ1) is 18.4. The molecule has 0 aromatic heterocycles. The molecule has 0 spiro atoms. The molecule has 114 valence electrons. The van der Waals surface area contributed by atoms with E-state index in [2.05, 4.69) is 12.2 Å². The van der Waals surface area contributed by atoms with E-state index in [0.29, 0.717) is 26.4 Å². The number of hydrogen-bond donors (Lipinski definition) is 1. The van der Waals surface area contributed by atoms with Crippen molar-refractivity contribution in [2.45, 2.75) is 46.5 Å². The molecule has 4 nitrogen and oxygen atoms in total. The van der Waals surface area contributed by atoms with Gasteiger partial charge in [0.05, 0.1) is 19.8 Å². The van der Waals surface area contributed by atoms with E-state index in [4.69, 9.17) is 9.47 Å². The van der Waals surface area contributed by atoms with E-state index in [0.717, 1.165) is 18.8 Å². The number of hydrogen-bond acceptors (Lipinski definition) is 3. The minimum atomic E-state index is 0.201. The maximum atomic E-state index is 11.8. The quantitative estimate of drug-likeness (QED) is 0.725. The molecule has 0 aliphatic heterocycles. The largest absolute Gasteiger partial charge is 0.382 e. The Bertz CT molecular complexity index is 213. The van der Waals surface area contributed by atoms with Gasteiger partial charge < -0.3 is 14.8 Å². The minimum Gasteiger partial charge on any atom is -0.382 e. The van der Waals surface area contributed by atoms with Crippen LogP contribution in [0.25, 0.3) is 0 Å². The predicted molar refractivity (Wildman–Crippen MR) is 78.2 cm³/mol. The zero-order chi connectivity index (χ0) is 14.5. The van der Waals surface area contributed by atoms with E-state index < -0.39 is 0 Å². The first-order chi connectivity index (χ1) is 9.24. The van der Waals surface area contributed by atoms with Crippen molar-refractivity contribution < 1.29 is 14.3 Å². The Kier molecular flexibility index (Phi) is 12.0. The van der Waals surface area contributed by atoms with Gasteiger partial charge in [0.1, 0.15) is 0 Å². The van der Waals surface area contributed by atoms with E-state index >= 15 is 0 Å². The van der Waals surface area contributed by atoms with Crippen LogP contribution in [0, 0.1) is 11.8 Å². The topological polar surface area (TPSA) is 47.6 Å². The molecule has 1 fully saturated rings. The summed E-state index contributed by atoms with van der Waals surface area (Å²) in [5.41, 5.74) is 0. The first-order valence-corrected chi connectivity index (χ1v) is 7.58. The molecule has 0 aromatic rings. The Balaban J connectivity index is 0.00000154. The van der Waals surface area contributed by atoms with Crippen LogP contribution < -0.4 is 5.32 Å². The lowest BCUT2D eigenvalue weighted by Gasteiger charge is -2.25. The lowest BCUT2D eigenvalue weighted by Crippen LogP contribution is -2.35. The molecular formula is C15H31NO3. The number of rotatable bonds is 7. The van der Waals surface area contributed by atoms with Crippen LogP contribution in [0.3, 0.4) is 0 Å². The second-order valence-electron chi connectivity index (χ2n) is 4.85. The molecule has 19 heavy (non-hydrogen) atoms. The van der Waals surface area contributed by atoms with E-state index in [1.807, 2.05) is 13.8 Å². The molecule has 1 aliphatic carbocycles. The van der Waals surface area contributed by atoms with Gasteiger partial charge in [0.2, 0.25) is 5.91 Å². The highest BCUT2D eigenvalue weighted by Gasteiger charge is 2.23. The molecule has 0 bridgehead atoms. The Morgan fingerprint density at radius 3 is 2.32 bits per heavy atom. The molecule has 1 rings (SSSR count). The number of amides is 1. The van der Waals surface area contributed by atoms with Gasteiger partial charge in [0.25, 0.3) is 0 Å². The van der Waals surface area contributed by atoms with Crippen molar-refractivity contribution in [1.29, 1.82) is 0 Å². The summed E-state index contributed by atoms with van der Waals surface area (Å²) in [4.78, 5) is 11.8. The van der Waals surface area contributed by atoms with Crippen molar-refractivity contribution in [3.8, 4) is 0 Å². The van der Waals surface area contributed by atoms with Gasteiger partial charge in [0.15, 0.2) is 0 Å². The van der Waals surface area contributed by atoms with Gasteiger partial charge in [0, 0.05) is 19.6 Å². The van der Waals surface area contributed by atoms with Crippen LogP contribution in [0.4, 0.5) is 0 Å². The van der Waals surface area contributed by atoms with Crippen LogP contribution in [0.2, 0.25) is 0 Å². The highest BCUT2D eigenvalue weighted by Crippen LogP contribution is 2.28. The third-order valence-electron chi connectivity index (χ3n) is 3.36. The molecule has 0 saturated heterocycles. The lowest BCUT2D eigenvalue weighted by molar-refractivity contribution is -0.126. The Morgan fingerprint density at radius 1 is 1.11 bits per heavy atom. The monoisotopic (exact) mass is 273 g/mol. The predicted octanol–water partition coefficient (Wildman–Crippen LogP) is 2.62. The molecule has 0 radical (unpaired) electrons. The van der Waals surface area contributed by atoms with Crippen LogP contribution in [-0.2, 0) is 14.3 Å². The van der Waals surface area contributed by atoms with Crippen molar-refractivity contribution in [2.75, 3.05) is 33.5 Å². The van der Waals surface area contributed by atoms with Gasteiger partial charge >= 0.3 is 0 Å². The van der Waals surface area contributed by atoms with Gasteiger partial charge in [-0.1, -0.05) is 20.8 Å². The Labute approximate surface area is 118 Å². The maximum absolute atomic E-state index is 11.8. The SMILES string of the molecule is CC.COCCOCCNC(=O)C1CCC(C)CC1. The number of carbonyl (C=O) groups excluding carboxylic acids is 1. The Morgan fingerprint density at radius 2 is 1.74 bits per heavy atom. The molecule has 0 aromatic carbocycles. The van der Waals surface area contributed by atoms with Crippen molar-refractivity contribution in [3.63, 3.8) is 0 Å². The minimum absolute atomic E-state index is 0.201. The molecule has 1 aliphatic rings. The molecule has 0 atom stereocenters. The number of carbonyl (C=O) groups is 1. The van der Waals surface area contributed by atoms with E-state index in [1.165, 1.54) is 12.8 Å². The van der Waals surface area contributed by atoms with Crippen LogP contribution >= 0.6 is 0 Å². The van der Waals surface area contributed by atoms with Gasteiger partial charge in [-0.2, -0.15) is 0 Å². The number of ether oxygens (including phenoxy) is 2. The van der Waals surface area contributed by atoms with Gasteiger partial charge in [-0.3, -0.25) is 4.79 Å². The number of methoxy groups -OCH3 is 1. The van der Waals surface area contributed by atoms with Crippen LogP contribution in [0.5, 0.6) is 0 Å². The van der Waals surface area contributed by atoms with Crippen molar-refractivity contribution in [3.05, 3.63) is 0 Å². The summed E-state index contributed by atoms with van der Waals surface area (Å²) in [7, 11) is 1.65. The second-order valence-corrected chi connectivity index (χ2v) is 4.85. The molecule has 1 saturated carbocycles. The summed E-state index contributed by atoms with van der Waals surface area (Å²) in [5.74, 6) is 1.22. The zero-order valence-corrected chi connectivity index (χ0v) is 13.0. The highest BCUT2D eigenvalue weighted by molar-refractivity contribution is 5.78. The number of nitrogens with one attached hydrogen (secondary N) is 1. The third-order valence-corrected chi connectivity index (χ3v) is 3.36. The lowest BCUT2D eigenvalue weighted by atomic mass is 9.82. The zero-order valence-electron chi connectivity index (χ0n) is 13.0. The van der Waals surface area contributed by atoms with E-state index in [-0.39, 0.29) is 11.8 Å². The maximum Gasteiger partial charge on any atom is 0.223 e. The van der Waals surface area contributed by atoms with Crippen LogP contribution in [0.1, 0.15) is 46.5 Å². The van der Waals surface area contributed by atoms with Gasteiger partial charge in [-0.05, 0) is 31.6 Å². The highest BCUT2D eigenvalue weighted by atomic mass is 16.5. The van der Waals surface area contributed by atoms with Gasteiger partial charge in [-0.15, -0.1) is 0 Å². The average Bonchev–Trinajstić information content (AvgIpc) is 2.45. The van der Waals surface area contributed by atoms with Crippen molar-refractivity contribution in [1.82, 2.24) is 5.32 Å². The van der Waals surface area contributed by atoms with Crippen molar-refractivity contribution in [2.24, 2.45) is 11.8 Å². The molecule has 1 amide bonds. The summed E-state index contributed by atoms with van der Waals surface area (Å²) >= 11 is 0. The second kappa shape index (κ2) is 12.4. The fourth-order valence-electron chi connectivity index (χ4n) is 2.16. The fraction of sp³-hybridized carbons (Fsp3) is 0.933. The first-order valence-electron chi connectivity index (χ1n) is 7.58. The summed E-state index contributed by atoms with van der Waals surface area (Å²) in [5, 5.41) is 2.94. The standard InChI is InChI=1S/C13H25NO3.C2H6/c1-11-3-5-12(6-4-11)13(15)14-7-8-17-10-9-16-2;1-2/h11-12H,3-10H2,1-2H3,(H,14,15);1-2H3. The molecule has 4 heteroatoms. The average molecular weight is 273 g/mol. The van der Waals surface area contributed by atoms with Crippen LogP contribution in [0.15, 0.2) is 0 Å². The fourth-order valence-corrected chi connectivity index (χ4v) is 2.16. The summed E-state index contributed by atoms with van der Waals surface area (Å²) < 4.78 is 10.2. The normalized spacial score (nSPS) is 22.3. The van der Waals surface area contributed by atoms with E-state index in [9.17, 15) is 4.79 Å². The third kappa shape index (κ3) is 9.00. The smallest absolute Gasteiger partial charge is 0.223 e.